The van der Waals surface area contributed by atoms with Crippen LogP contribution in [0.15, 0.2) is 60.2 Å². The minimum Gasteiger partial charge on any atom is -0.545 e. The van der Waals surface area contributed by atoms with E-state index in [2.05, 4.69) is 5.32 Å². The number of nitrogens with one attached hydrogen (secondary N) is 1. The number of rotatable bonds is 5. The Hall–Kier alpha value is -4.11. The summed E-state index contributed by atoms with van der Waals surface area (Å²) in [4.78, 5) is 23.8. The van der Waals surface area contributed by atoms with Crippen molar-refractivity contribution < 1.29 is 14.7 Å². The van der Waals surface area contributed by atoms with E-state index in [4.69, 9.17) is 0 Å². The third-order valence-electron chi connectivity index (χ3n) is 4.75. The fourth-order valence-corrected chi connectivity index (χ4v) is 3.33. The van der Waals surface area contributed by atoms with Crippen LogP contribution in [0.2, 0.25) is 0 Å². The molecule has 0 aliphatic rings. The van der Waals surface area contributed by atoms with E-state index >= 15 is 0 Å². The van der Waals surface area contributed by atoms with Crippen molar-refractivity contribution in [1.29, 1.82) is 5.26 Å². The second kappa shape index (κ2) is 8.50. The zero-order chi connectivity index (χ0) is 21.8. The summed E-state index contributed by atoms with van der Waals surface area (Å²) in [6, 6.07) is 17.6. The number of hydrogen-bond donors (Lipinski definition) is 1. The molecule has 3 rings (SSSR count). The smallest absolute Gasteiger partial charge is 0.266 e. The van der Waals surface area contributed by atoms with Gasteiger partial charge in [0.15, 0.2) is 0 Å². The van der Waals surface area contributed by atoms with Crippen LogP contribution in [-0.4, -0.2) is 16.4 Å². The highest BCUT2D eigenvalue weighted by Crippen LogP contribution is 2.24. The van der Waals surface area contributed by atoms with Gasteiger partial charge in [-0.15, -0.1) is 0 Å². The lowest BCUT2D eigenvalue weighted by atomic mass is 10.1. The summed E-state index contributed by atoms with van der Waals surface area (Å²) in [7, 11) is 0. The molecule has 0 bridgehead atoms. The number of carbonyl (C=O) groups is 2. The van der Waals surface area contributed by atoms with Gasteiger partial charge in [0.05, 0.1) is 5.97 Å². The van der Waals surface area contributed by atoms with Crippen LogP contribution in [0.1, 0.15) is 32.9 Å². The first kappa shape index (κ1) is 20.6. The largest absolute Gasteiger partial charge is 0.545 e. The fourth-order valence-electron chi connectivity index (χ4n) is 3.33. The lowest BCUT2D eigenvalue weighted by Gasteiger charge is -2.12. The molecular formula is C24H20N3O3-. The van der Waals surface area contributed by atoms with Gasteiger partial charge < -0.3 is 19.8 Å². The number of carboxylic acids is 1. The van der Waals surface area contributed by atoms with Gasteiger partial charge in [-0.05, 0) is 73.9 Å². The van der Waals surface area contributed by atoms with Crippen molar-refractivity contribution in [2.24, 2.45) is 0 Å². The maximum atomic E-state index is 12.6. The van der Waals surface area contributed by atoms with Crippen LogP contribution >= 0.6 is 0 Å². The molecule has 1 aromatic heterocycles. The summed E-state index contributed by atoms with van der Waals surface area (Å²) in [5.41, 5.74) is 4.64. The molecule has 30 heavy (non-hydrogen) atoms. The Kier molecular flexibility index (Phi) is 5.84. The fraction of sp³-hybridized carbons (Fsp3) is 0.125. The molecule has 0 saturated heterocycles. The number of nitrogens with zero attached hydrogens (tertiary/aromatic N) is 2. The molecule has 0 aliphatic carbocycles. The van der Waals surface area contributed by atoms with Gasteiger partial charge in [-0.2, -0.15) is 5.26 Å². The Morgan fingerprint density at radius 1 is 1.07 bits per heavy atom. The molecule has 1 N–H and O–H groups in total. The number of amides is 1. The normalized spacial score (nSPS) is 11.1. The van der Waals surface area contributed by atoms with E-state index < -0.39 is 11.9 Å². The second-order valence-corrected chi connectivity index (χ2v) is 6.99. The van der Waals surface area contributed by atoms with E-state index in [9.17, 15) is 20.0 Å². The number of aromatic nitrogens is 1. The Bertz CT molecular complexity index is 1210. The van der Waals surface area contributed by atoms with E-state index in [0.29, 0.717) is 16.9 Å². The summed E-state index contributed by atoms with van der Waals surface area (Å²) in [6.45, 7) is 5.63. The van der Waals surface area contributed by atoms with Gasteiger partial charge in [-0.1, -0.05) is 24.3 Å². The van der Waals surface area contributed by atoms with Crippen LogP contribution in [0.5, 0.6) is 0 Å². The van der Waals surface area contributed by atoms with Gasteiger partial charge >= 0.3 is 0 Å². The van der Waals surface area contributed by atoms with Crippen molar-refractivity contribution >= 4 is 23.6 Å². The highest BCUT2D eigenvalue weighted by Gasteiger charge is 2.14. The summed E-state index contributed by atoms with van der Waals surface area (Å²) in [5.74, 6) is -1.74. The van der Waals surface area contributed by atoms with E-state index in [1.165, 1.54) is 18.2 Å². The van der Waals surface area contributed by atoms with Gasteiger partial charge in [0.1, 0.15) is 11.6 Å². The lowest BCUT2D eigenvalue weighted by Crippen LogP contribution is -2.22. The molecule has 0 aliphatic heterocycles. The number of aryl methyl sites for hydroxylation is 2. The molecule has 1 amide bonds. The molecule has 0 spiro atoms. The second-order valence-electron chi connectivity index (χ2n) is 6.99. The first-order chi connectivity index (χ1) is 14.3. The van der Waals surface area contributed by atoms with Crippen molar-refractivity contribution in [3.05, 3.63) is 88.2 Å². The predicted octanol–water partition coefficient (Wildman–Crippen LogP) is 3.31. The number of nitriles is 1. The Balaban J connectivity index is 1.96. The van der Waals surface area contributed by atoms with Crippen LogP contribution in [0.4, 0.5) is 5.69 Å². The number of anilines is 1. The molecule has 6 heteroatoms. The molecule has 0 radical (unpaired) electrons. The van der Waals surface area contributed by atoms with Crippen molar-refractivity contribution in [1.82, 2.24) is 4.57 Å². The molecule has 0 fully saturated rings. The number of hydrogen-bond acceptors (Lipinski definition) is 4. The van der Waals surface area contributed by atoms with Crippen LogP contribution in [0.25, 0.3) is 11.8 Å². The van der Waals surface area contributed by atoms with Gasteiger partial charge in [0.2, 0.25) is 0 Å². The zero-order valence-electron chi connectivity index (χ0n) is 16.9. The van der Waals surface area contributed by atoms with E-state index in [-0.39, 0.29) is 11.1 Å². The maximum Gasteiger partial charge on any atom is 0.266 e. The Morgan fingerprint density at radius 3 is 2.47 bits per heavy atom. The third-order valence-corrected chi connectivity index (χ3v) is 4.75. The average molecular weight is 398 g/mol. The number of benzene rings is 2. The van der Waals surface area contributed by atoms with E-state index in [1.54, 1.807) is 18.2 Å². The maximum absolute atomic E-state index is 12.6. The molecule has 6 nitrogen and oxygen atoms in total. The summed E-state index contributed by atoms with van der Waals surface area (Å²) >= 11 is 0. The molecule has 2 aromatic carbocycles. The molecule has 0 unspecified atom stereocenters. The number of carboxylic acid groups (broad SMARTS) is 1. The van der Waals surface area contributed by atoms with Crippen molar-refractivity contribution in [2.45, 2.75) is 20.8 Å². The Morgan fingerprint density at radius 2 is 1.80 bits per heavy atom. The average Bonchev–Trinajstić information content (AvgIpc) is 2.99. The lowest BCUT2D eigenvalue weighted by molar-refractivity contribution is -0.255. The topological polar surface area (TPSA) is 98.0 Å². The number of aromatic carboxylic acids is 1. The summed E-state index contributed by atoms with van der Waals surface area (Å²) < 4.78 is 1.87. The molecule has 150 valence electrons. The number of carbonyl (C=O) groups excluding carboxylic acids is 2. The van der Waals surface area contributed by atoms with Crippen molar-refractivity contribution in [3.8, 4) is 11.8 Å². The van der Waals surface area contributed by atoms with Crippen LogP contribution < -0.4 is 10.4 Å². The minimum atomic E-state index is -1.25. The van der Waals surface area contributed by atoms with Crippen molar-refractivity contribution in [3.63, 3.8) is 0 Å². The highest BCUT2D eigenvalue weighted by molar-refractivity contribution is 6.09. The monoisotopic (exact) mass is 398 g/mol. The summed E-state index contributed by atoms with van der Waals surface area (Å²) in [6.07, 6.45) is 1.53. The SMILES string of the molecule is Cc1cccc(NC(=O)/C(C#N)=C\c2cc(C)n(-c3cccc(C(=O)[O-])c3)c2C)c1. The van der Waals surface area contributed by atoms with Crippen LogP contribution in [0.3, 0.4) is 0 Å². The predicted molar refractivity (Wildman–Crippen MR) is 113 cm³/mol. The van der Waals surface area contributed by atoms with Crippen LogP contribution in [0, 0.1) is 32.1 Å². The molecule has 0 atom stereocenters. The van der Waals surface area contributed by atoms with Crippen molar-refractivity contribution in [2.75, 3.05) is 5.32 Å². The first-order valence-electron chi connectivity index (χ1n) is 9.30. The summed E-state index contributed by atoms with van der Waals surface area (Å²) in [5, 5.41) is 23.4. The van der Waals surface area contributed by atoms with Gasteiger partial charge in [-0.3, -0.25) is 4.79 Å². The molecule has 1 heterocycles. The zero-order valence-corrected chi connectivity index (χ0v) is 16.9. The van der Waals surface area contributed by atoms with Gasteiger partial charge in [0, 0.05) is 22.8 Å². The standard InChI is InChI=1S/C24H21N3O3/c1-15-6-4-8-21(10-15)26-23(28)20(14-25)12-19-11-16(2)27(17(19)3)22-9-5-7-18(13-22)24(29)30/h4-13H,1-3H3,(H,26,28)(H,29,30)/p-1/b20-12-. The minimum absolute atomic E-state index is 0.0276. The highest BCUT2D eigenvalue weighted by atomic mass is 16.4. The molecule has 0 saturated carbocycles. The Labute approximate surface area is 174 Å². The first-order valence-corrected chi connectivity index (χ1v) is 9.30. The third kappa shape index (κ3) is 4.31. The van der Waals surface area contributed by atoms with E-state index in [1.807, 2.05) is 55.7 Å². The van der Waals surface area contributed by atoms with Gasteiger partial charge in [0.25, 0.3) is 5.91 Å². The van der Waals surface area contributed by atoms with Gasteiger partial charge in [-0.25, -0.2) is 0 Å². The van der Waals surface area contributed by atoms with E-state index in [0.717, 1.165) is 17.0 Å². The van der Waals surface area contributed by atoms with Crippen LogP contribution in [-0.2, 0) is 4.79 Å². The quantitative estimate of drug-likeness (QED) is 0.527. The molecule has 3 aromatic rings. The molecular weight excluding hydrogens is 378 g/mol.